The Morgan fingerprint density at radius 2 is 1.40 bits per heavy atom. The first-order valence-corrected chi connectivity index (χ1v) is 13.6. The molecular weight excluding hydrogens is 570 g/mol. The molecule has 8 rings (SSSR count). The van der Waals surface area contributed by atoms with Crippen molar-refractivity contribution in [3.05, 3.63) is 115 Å². The Morgan fingerprint density at radius 1 is 0.643 bits per heavy atom. The van der Waals surface area contributed by atoms with E-state index in [9.17, 15) is 0 Å². The standard InChI is InChI=1S/C35H26N6.Zn/c1-38-22-21-26-25(14-10-17-28(26)38)27-19-20-32-34(36-27)41(30-16-8-7-15-29(30)39(32)2)35-37-33-24(23-11-5-4-6-12-23)13-9-18-31(33)40(35)3;/h4-11,13-20,22H,1-3H3;/q-2;+2. The van der Waals surface area contributed by atoms with Crippen molar-refractivity contribution in [2.75, 3.05) is 16.8 Å². The van der Waals surface area contributed by atoms with E-state index in [0.717, 1.165) is 73.1 Å². The zero-order chi connectivity index (χ0) is 27.7. The topological polar surface area (TPSA) is 42.1 Å². The van der Waals surface area contributed by atoms with Crippen LogP contribution in [0, 0.1) is 12.1 Å². The number of fused-ring (bicyclic) bond motifs is 4. The van der Waals surface area contributed by atoms with Gasteiger partial charge in [-0.15, -0.1) is 47.5 Å². The van der Waals surface area contributed by atoms with Crippen molar-refractivity contribution in [3.8, 4) is 22.4 Å². The monoisotopic (exact) mass is 594 g/mol. The molecule has 0 aliphatic carbocycles. The van der Waals surface area contributed by atoms with Crippen LogP contribution in [0.4, 0.5) is 28.8 Å². The molecule has 0 radical (unpaired) electrons. The second-order valence-corrected chi connectivity index (χ2v) is 10.4. The van der Waals surface area contributed by atoms with Crippen molar-refractivity contribution in [1.82, 2.24) is 19.1 Å². The first-order valence-electron chi connectivity index (χ1n) is 13.6. The number of pyridine rings is 1. The average Bonchev–Trinajstić information content (AvgIpc) is 3.57. The summed E-state index contributed by atoms with van der Waals surface area (Å²) < 4.78 is 4.25. The molecule has 0 saturated heterocycles. The predicted octanol–water partition coefficient (Wildman–Crippen LogP) is 7.94. The Labute approximate surface area is 257 Å². The summed E-state index contributed by atoms with van der Waals surface area (Å²) in [5, 5.41) is 1.06. The van der Waals surface area contributed by atoms with Gasteiger partial charge in [-0.1, -0.05) is 53.7 Å². The molecule has 7 heteroatoms. The largest absolute Gasteiger partial charge is 2.00 e. The Bertz CT molecular complexity index is 2110. The maximum absolute atomic E-state index is 5.34. The molecule has 0 spiro atoms. The summed E-state index contributed by atoms with van der Waals surface area (Å²) in [5.74, 6) is 1.64. The van der Waals surface area contributed by atoms with E-state index in [-0.39, 0.29) is 19.5 Å². The minimum atomic E-state index is 0. The summed E-state index contributed by atoms with van der Waals surface area (Å²) in [6.45, 7) is 0. The summed E-state index contributed by atoms with van der Waals surface area (Å²) in [4.78, 5) is 15.0. The molecule has 7 aromatic rings. The van der Waals surface area contributed by atoms with Gasteiger partial charge < -0.3 is 14.0 Å². The average molecular weight is 596 g/mol. The molecule has 4 aromatic carbocycles. The van der Waals surface area contributed by atoms with Crippen molar-refractivity contribution >= 4 is 50.8 Å². The third kappa shape index (κ3) is 3.81. The molecule has 0 N–H and O–H groups in total. The molecule has 1 aliphatic rings. The molecule has 6 nitrogen and oxygen atoms in total. The second-order valence-electron chi connectivity index (χ2n) is 10.4. The number of aryl methyl sites for hydroxylation is 2. The van der Waals surface area contributed by atoms with Crippen LogP contribution in [0.25, 0.3) is 44.3 Å². The van der Waals surface area contributed by atoms with Gasteiger partial charge in [0.05, 0.1) is 28.1 Å². The van der Waals surface area contributed by atoms with E-state index in [4.69, 9.17) is 9.97 Å². The number of para-hydroxylation sites is 3. The summed E-state index contributed by atoms with van der Waals surface area (Å²) in [6, 6.07) is 40.2. The first-order chi connectivity index (χ1) is 20.1. The zero-order valence-electron chi connectivity index (χ0n) is 23.7. The van der Waals surface area contributed by atoms with Crippen LogP contribution in [0.15, 0.2) is 103 Å². The molecule has 0 saturated carbocycles. The molecule has 0 atom stereocenters. The summed E-state index contributed by atoms with van der Waals surface area (Å²) in [6.07, 6.45) is 1.98. The number of hydrogen-bond acceptors (Lipinski definition) is 4. The van der Waals surface area contributed by atoms with E-state index in [1.807, 2.05) is 31.4 Å². The summed E-state index contributed by atoms with van der Waals surface area (Å²) in [7, 11) is 6.22. The van der Waals surface area contributed by atoms with Gasteiger partial charge in [0.15, 0.2) is 5.82 Å². The van der Waals surface area contributed by atoms with E-state index < -0.39 is 0 Å². The van der Waals surface area contributed by atoms with Gasteiger partial charge in [0.25, 0.3) is 0 Å². The molecule has 1 aliphatic heterocycles. The van der Waals surface area contributed by atoms with Crippen LogP contribution in [-0.4, -0.2) is 26.1 Å². The number of imidazole rings is 1. The molecule has 0 bridgehead atoms. The van der Waals surface area contributed by atoms with Crippen LogP contribution < -0.4 is 9.80 Å². The van der Waals surface area contributed by atoms with Crippen molar-refractivity contribution in [3.63, 3.8) is 0 Å². The maximum atomic E-state index is 5.34. The number of benzene rings is 4. The Balaban J connectivity index is 0.00000288. The zero-order valence-corrected chi connectivity index (χ0v) is 26.7. The van der Waals surface area contributed by atoms with Crippen LogP contribution in [-0.2, 0) is 33.6 Å². The first kappa shape index (κ1) is 26.2. The van der Waals surface area contributed by atoms with E-state index in [2.05, 4.69) is 124 Å². The van der Waals surface area contributed by atoms with E-state index in [0.29, 0.717) is 0 Å². The van der Waals surface area contributed by atoms with E-state index in [1.54, 1.807) is 0 Å². The molecule has 0 amide bonds. The molecule has 0 fully saturated rings. The smallest absolute Gasteiger partial charge is 0.414 e. The fourth-order valence-corrected chi connectivity index (χ4v) is 6.01. The molecule has 198 valence electrons. The Kier molecular flexibility index (Phi) is 6.21. The van der Waals surface area contributed by atoms with Gasteiger partial charge in [0.2, 0.25) is 5.95 Å². The van der Waals surface area contributed by atoms with Crippen LogP contribution in [0.5, 0.6) is 0 Å². The second kappa shape index (κ2) is 9.97. The fourth-order valence-electron chi connectivity index (χ4n) is 6.01. The van der Waals surface area contributed by atoms with E-state index in [1.165, 1.54) is 0 Å². The number of nitrogens with zero attached hydrogens (tertiary/aromatic N) is 6. The van der Waals surface area contributed by atoms with Crippen molar-refractivity contribution in [2.45, 2.75) is 0 Å². The SMILES string of the molecule is CN1c2ccccc2N(c2nc3c(-c4[c-]cccc4)cccc3n2C)c2nc(-c3cccc4c3[c-]cn4C)ccc21.[Zn+2]. The van der Waals surface area contributed by atoms with Crippen molar-refractivity contribution < 1.29 is 19.5 Å². The van der Waals surface area contributed by atoms with Gasteiger partial charge in [0, 0.05) is 19.8 Å². The fraction of sp³-hybridized carbons (Fsp3) is 0.0857. The summed E-state index contributed by atoms with van der Waals surface area (Å²) >= 11 is 0. The Morgan fingerprint density at radius 3 is 2.21 bits per heavy atom. The van der Waals surface area contributed by atoms with Crippen molar-refractivity contribution in [1.29, 1.82) is 0 Å². The molecule has 0 unspecified atom stereocenters. The van der Waals surface area contributed by atoms with Gasteiger partial charge in [-0.3, -0.25) is 4.90 Å². The van der Waals surface area contributed by atoms with Crippen molar-refractivity contribution in [2.24, 2.45) is 14.1 Å². The quantitative estimate of drug-likeness (QED) is 0.154. The van der Waals surface area contributed by atoms with E-state index >= 15 is 0 Å². The predicted molar refractivity (Wildman–Crippen MR) is 166 cm³/mol. The van der Waals surface area contributed by atoms with Crippen LogP contribution in [0.1, 0.15) is 0 Å². The minimum absolute atomic E-state index is 0. The Hall–Kier alpha value is -4.74. The molecule has 42 heavy (non-hydrogen) atoms. The van der Waals surface area contributed by atoms with Gasteiger partial charge >= 0.3 is 19.5 Å². The number of hydrogen-bond donors (Lipinski definition) is 0. The van der Waals surface area contributed by atoms with Gasteiger partial charge in [-0.2, -0.15) is 11.5 Å². The van der Waals surface area contributed by atoms with Gasteiger partial charge in [-0.05, 0) is 37.4 Å². The maximum Gasteiger partial charge on any atom is 2.00 e. The molecule has 4 heterocycles. The van der Waals surface area contributed by atoms with Crippen LogP contribution >= 0.6 is 0 Å². The number of anilines is 5. The van der Waals surface area contributed by atoms with Crippen LogP contribution in [0.2, 0.25) is 0 Å². The number of aromatic nitrogens is 4. The normalized spacial score (nSPS) is 12.4. The molecular formula is C35H26N6Zn. The third-order valence-corrected chi connectivity index (χ3v) is 8.10. The summed E-state index contributed by atoms with van der Waals surface area (Å²) in [5.41, 5.74) is 10.3. The van der Waals surface area contributed by atoms with Gasteiger partial charge in [0.1, 0.15) is 0 Å². The van der Waals surface area contributed by atoms with Crippen LogP contribution in [0.3, 0.4) is 0 Å². The molecule has 3 aromatic heterocycles. The third-order valence-electron chi connectivity index (χ3n) is 8.10. The minimum Gasteiger partial charge on any atom is -0.414 e. The number of rotatable bonds is 3. The van der Waals surface area contributed by atoms with Gasteiger partial charge in [-0.25, -0.2) is 9.97 Å².